The van der Waals surface area contributed by atoms with Crippen molar-refractivity contribution in [3.8, 4) is 0 Å². The number of carbonyl (C=O) groups is 1. The lowest BCUT2D eigenvalue weighted by molar-refractivity contribution is -0.121. The fourth-order valence-electron chi connectivity index (χ4n) is 2.28. The molecule has 94 valence electrons. The predicted octanol–water partition coefficient (Wildman–Crippen LogP) is 2.24. The second kappa shape index (κ2) is 6.17. The number of amides is 1. The number of fused-ring (bicyclic) bond motifs is 1. The summed E-state index contributed by atoms with van der Waals surface area (Å²) < 4.78 is 0. The topological polar surface area (TPSA) is 41.1 Å². The molecule has 1 aliphatic carbocycles. The second-order valence-electron chi connectivity index (χ2n) is 4.42. The summed E-state index contributed by atoms with van der Waals surface area (Å²) in [4.78, 5) is 13.2. The molecule has 1 atom stereocenters. The lowest BCUT2D eigenvalue weighted by Crippen LogP contribution is -2.32. The normalized spacial score (nSPS) is 18.8. The fraction of sp³-hybridized carbons (Fsp3) is 0.615. The zero-order valence-corrected chi connectivity index (χ0v) is 11.1. The van der Waals surface area contributed by atoms with Gasteiger partial charge in [-0.05, 0) is 42.8 Å². The molecule has 1 heterocycles. The van der Waals surface area contributed by atoms with E-state index >= 15 is 0 Å². The van der Waals surface area contributed by atoms with E-state index in [2.05, 4.69) is 29.0 Å². The molecule has 1 amide bonds. The van der Waals surface area contributed by atoms with Gasteiger partial charge in [0, 0.05) is 17.8 Å². The van der Waals surface area contributed by atoms with Crippen LogP contribution in [0.3, 0.4) is 0 Å². The molecule has 0 saturated carbocycles. The number of carbonyl (C=O) groups excluding carboxylic acids is 1. The quantitative estimate of drug-likeness (QED) is 0.789. The number of hydrogen-bond acceptors (Lipinski definition) is 3. The van der Waals surface area contributed by atoms with Crippen LogP contribution in [0.5, 0.6) is 0 Å². The monoisotopic (exact) mass is 252 g/mol. The van der Waals surface area contributed by atoms with E-state index < -0.39 is 0 Å². The molecule has 0 radical (unpaired) electrons. The maximum atomic E-state index is 11.8. The van der Waals surface area contributed by atoms with E-state index in [9.17, 15) is 4.79 Å². The summed E-state index contributed by atoms with van der Waals surface area (Å²) in [7, 11) is 0. The highest BCUT2D eigenvalue weighted by atomic mass is 32.1. The first kappa shape index (κ1) is 12.6. The van der Waals surface area contributed by atoms with Gasteiger partial charge in [0.1, 0.15) is 0 Å². The number of rotatable bonds is 5. The van der Waals surface area contributed by atoms with Crippen molar-refractivity contribution in [3.05, 3.63) is 21.9 Å². The van der Waals surface area contributed by atoms with Gasteiger partial charge in [-0.2, -0.15) is 0 Å². The van der Waals surface area contributed by atoms with Crippen LogP contribution in [-0.4, -0.2) is 19.0 Å². The van der Waals surface area contributed by atoms with E-state index in [1.54, 1.807) is 0 Å². The summed E-state index contributed by atoms with van der Waals surface area (Å²) in [6.07, 6.45) is 4.02. The van der Waals surface area contributed by atoms with Crippen LogP contribution in [0.4, 0.5) is 0 Å². The number of aryl methyl sites for hydroxylation is 1. The van der Waals surface area contributed by atoms with E-state index in [0.29, 0.717) is 6.42 Å². The smallest absolute Gasteiger partial charge is 0.221 e. The molecule has 2 N–H and O–H groups in total. The first-order valence-corrected chi connectivity index (χ1v) is 7.25. The molecular formula is C13H20N2OS. The summed E-state index contributed by atoms with van der Waals surface area (Å²) in [6.45, 7) is 3.74. The maximum Gasteiger partial charge on any atom is 0.221 e. The van der Waals surface area contributed by atoms with E-state index in [4.69, 9.17) is 0 Å². The van der Waals surface area contributed by atoms with E-state index in [1.807, 2.05) is 11.3 Å². The molecule has 0 aromatic carbocycles. The molecule has 0 fully saturated rings. The van der Waals surface area contributed by atoms with Crippen LogP contribution >= 0.6 is 11.3 Å². The van der Waals surface area contributed by atoms with Crippen LogP contribution in [0.15, 0.2) is 11.4 Å². The van der Waals surface area contributed by atoms with E-state index in [0.717, 1.165) is 19.5 Å². The Labute approximate surface area is 107 Å². The van der Waals surface area contributed by atoms with E-state index in [-0.39, 0.29) is 11.9 Å². The Hall–Kier alpha value is -0.870. The van der Waals surface area contributed by atoms with Gasteiger partial charge in [0.05, 0.1) is 6.04 Å². The molecule has 0 bridgehead atoms. The molecule has 1 unspecified atom stereocenters. The number of hydrogen-bond donors (Lipinski definition) is 2. The van der Waals surface area contributed by atoms with Gasteiger partial charge in [-0.15, -0.1) is 11.3 Å². The molecule has 1 aromatic heterocycles. The van der Waals surface area contributed by atoms with Gasteiger partial charge in [-0.25, -0.2) is 0 Å². The van der Waals surface area contributed by atoms with Crippen molar-refractivity contribution >= 4 is 17.2 Å². The Bertz CT molecular complexity index is 375. The second-order valence-corrected chi connectivity index (χ2v) is 5.42. The van der Waals surface area contributed by atoms with Crippen molar-refractivity contribution in [1.29, 1.82) is 0 Å². The van der Waals surface area contributed by atoms with Gasteiger partial charge < -0.3 is 10.6 Å². The molecule has 0 saturated heterocycles. The predicted molar refractivity (Wildman–Crippen MR) is 71.3 cm³/mol. The third kappa shape index (κ3) is 3.30. The van der Waals surface area contributed by atoms with Crippen LogP contribution < -0.4 is 10.6 Å². The van der Waals surface area contributed by atoms with Crippen molar-refractivity contribution < 1.29 is 4.79 Å². The van der Waals surface area contributed by atoms with Gasteiger partial charge >= 0.3 is 0 Å². The van der Waals surface area contributed by atoms with Crippen LogP contribution in [0.25, 0.3) is 0 Å². The third-order valence-electron chi connectivity index (χ3n) is 3.17. The van der Waals surface area contributed by atoms with Crippen molar-refractivity contribution in [2.45, 2.75) is 38.6 Å². The molecule has 2 rings (SSSR count). The van der Waals surface area contributed by atoms with Crippen LogP contribution in [0, 0.1) is 0 Å². The Balaban J connectivity index is 1.86. The summed E-state index contributed by atoms with van der Waals surface area (Å²) in [5.41, 5.74) is 1.35. The SMILES string of the molecule is CCNCCC(=O)NC1CCCc2sccc21. The zero-order valence-electron chi connectivity index (χ0n) is 10.3. The van der Waals surface area contributed by atoms with Crippen LogP contribution in [0.2, 0.25) is 0 Å². The van der Waals surface area contributed by atoms with Gasteiger partial charge in [0.2, 0.25) is 5.91 Å². The standard InChI is InChI=1S/C13H20N2OS/c1-2-14-8-6-13(16)15-11-4-3-5-12-10(11)7-9-17-12/h7,9,11,14H,2-6,8H2,1H3,(H,15,16). The third-order valence-corrected chi connectivity index (χ3v) is 4.16. The molecule has 3 nitrogen and oxygen atoms in total. The van der Waals surface area contributed by atoms with Crippen molar-refractivity contribution in [1.82, 2.24) is 10.6 Å². The maximum absolute atomic E-state index is 11.8. The first-order valence-electron chi connectivity index (χ1n) is 6.37. The molecule has 0 spiro atoms. The molecule has 4 heteroatoms. The molecule has 1 aliphatic rings. The van der Waals surface area contributed by atoms with Crippen LogP contribution in [0.1, 0.15) is 42.7 Å². The van der Waals surface area contributed by atoms with Crippen molar-refractivity contribution in [2.75, 3.05) is 13.1 Å². The molecule has 17 heavy (non-hydrogen) atoms. The van der Waals surface area contributed by atoms with Gasteiger partial charge in [-0.1, -0.05) is 6.92 Å². The molecular weight excluding hydrogens is 232 g/mol. The highest BCUT2D eigenvalue weighted by Crippen LogP contribution is 2.33. The highest BCUT2D eigenvalue weighted by Gasteiger charge is 2.22. The van der Waals surface area contributed by atoms with Crippen molar-refractivity contribution in [3.63, 3.8) is 0 Å². The summed E-state index contributed by atoms with van der Waals surface area (Å²) in [5.74, 6) is 0.162. The number of nitrogens with one attached hydrogen (secondary N) is 2. The van der Waals surface area contributed by atoms with Gasteiger partial charge in [0.15, 0.2) is 0 Å². The largest absolute Gasteiger partial charge is 0.349 e. The van der Waals surface area contributed by atoms with Gasteiger partial charge in [-0.3, -0.25) is 4.79 Å². The molecule has 0 aliphatic heterocycles. The van der Waals surface area contributed by atoms with Crippen LogP contribution in [-0.2, 0) is 11.2 Å². The highest BCUT2D eigenvalue weighted by molar-refractivity contribution is 7.10. The Morgan fingerprint density at radius 3 is 3.29 bits per heavy atom. The minimum Gasteiger partial charge on any atom is -0.349 e. The average Bonchev–Trinajstić information content (AvgIpc) is 2.78. The summed E-state index contributed by atoms with van der Waals surface area (Å²) >= 11 is 1.81. The zero-order chi connectivity index (χ0) is 12.1. The Morgan fingerprint density at radius 2 is 2.47 bits per heavy atom. The van der Waals surface area contributed by atoms with Gasteiger partial charge in [0.25, 0.3) is 0 Å². The summed E-state index contributed by atoms with van der Waals surface area (Å²) in [5, 5.41) is 8.45. The Kier molecular flexibility index (Phi) is 4.57. The number of thiophene rings is 1. The molecule has 1 aromatic rings. The Morgan fingerprint density at radius 1 is 1.59 bits per heavy atom. The van der Waals surface area contributed by atoms with E-state index in [1.165, 1.54) is 23.3 Å². The summed E-state index contributed by atoms with van der Waals surface area (Å²) in [6, 6.07) is 2.41. The lowest BCUT2D eigenvalue weighted by atomic mass is 9.94. The minimum absolute atomic E-state index is 0.162. The first-order chi connectivity index (χ1) is 8.31. The fourth-order valence-corrected chi connectivity index (χ4v) is 3.27. The average molecular weight is 252 g/mol. The minimum atomic E-state index is 0.162. The van der Waals surface area contributed by atoms with Crippen molar-refractivity contribution in [2.24, 2.45) is 0 Å². The lowest BCUT2D eigenvalue weighted by Gasteiger charge is -2.23.